The fraction of sp³-hybridized carbons (Fsp3) is 0.0714. The molecule has 2 nitrogen and oxygen atoms in total. The summed E-state index contributed by atoms with van der Waals surface area (Å²) in [5, 5.41) is 2.41. The number of rotatable bonds is 3. The molecule has 0 aromatic heterocycles. The van der Waals surface area contributed by atoms with E-state index in [9.17, 15) is 13.6 Å². The summed E-state index contributed by atoms with van der Waals surface area (Å²) in [6.45, 7) is 0. The molecule has 0 fully saturated rings. The van der Waals surface area contributed by atoms with E-state index in [0.29, 0.717) is 4.47 Å². The number of amides is 1. The Morgan fingerprint density at radius 3 is 2.53 bits per heavy atom. The molecular formula is C14H10BrF2NO. The Labute approximate surface area is 117 Å². The Kier molecular flexibility index (Phi) is 4.27. The molecule has 19 heavy (non-hydrogen) atoms. The zero-order valence-corrected chi connectivity index (χ0v) is 11.4. The summed E-state index contributed by atoms with van der Waals surface area (Å²) in [5.41, 5.74) is 0.349. The van der Waals surface area contributed by atoms with Crippen molar-refractivity contribution in [1.29, 1.82) is 0 Å². The van der Waals surface area contributed by atoms with Gasteiger partial charge in [0, 0.05) is 4.47 Å². The number of hydrogen-bond donors (Lipinski definition) is 1. The van der Waals surface area contributed by atoms with Gasteiger partial charge in [-0.3, -0.25) is 4.79 Å². The molecule has 2 aromatic carbocycles. The third-order valence-corrected chi connectivity index (χ3v) is 3.01. The van der Waals surface area contributed by atoms with Crippen molar-refractivity contribution < 1.29 is 13.6 Å². The molecule has 0 spiro atoms. The van der Waals surface area contributed by atoms with Crippen LogP contribution in [-0.4, -0.2) is 5.91 Å². The van der Waals surface area contributed by atoms with Gasteiger partial charge in [-0.1, -0.05) is 34.1 Å². The second-order valence-electron chi connectivity index (χ2n) is 3.94. The van der Waals surface area contributed by atoms with E-state index in [-0.39, 0.29) is 17.7 Å². The molecule has 0 aliphatic rings. The molecule has 0 radical (unpaired) electrons. The monoisotopic (exact) mass is 325 g/mol. The van der Waals surface area contributed by atoms with E-state index >= 15 is 0 Å². The van der Waals surface area contributed by atoms with Crippen molar-refractivity contribution in [2.24, 2.45) is 0 Å². The second kappa shape index (κ2) is 5.93. The summed E-state index contributed by atoms with van der Waals surface area (Å²) in [6.07, 6.45) is -0.137. The standard InChI is InChI=1S/C14H10BrF2NO/c15-10-5-6-13(12(17)8-10)18-14(19)7-9-3-1-2-4-11(9)16/h1-6,8H,7H2,(H,18,19). The van der Waals surface area contributed by atoms with Crippen molar-refractivity contribution in [2.45, 2.75) is 6.42 Å². The van der Waals surface area contributed by atoms with Gasteiger partial charge >= 0.3 is 0 Å². The summed E-state index contributed by atoms with van der Waals surface area (Å²) in [6, 6.07) is 10.3. The Hall–Kier alpha value is -1.75. The summed E-state index contributed by atoms with van der Waals surface area (Å²) in [5.74, 6) is -1.46. The molecule has 5 heteroatoms. The van der Waals surface area contributed by atoms with Crippen molar-refractivity contribution in [3.8, 4) is 0 Å². The van der Waals surface area contributed by atoms with E-state index in [1.165, 1.54) is 24.3 Å². The molecule has 0 aliphatic carbocycles. The van der Waals surface area contributed by atoms with Gasteiger partial charge in [0.05, 0.1) is 12.1 Å². The molecule has 0 atom stereocenters. The van der Waals surface area contributed by atoms with Gasteiger partial charge < -0.3 is 5.32 Å². The average Bonchev–Trinajstić information content (AvgIpc) is 2.36. The van der Waals surface area contributed by atoms with Gasteiger partial charge in [0.15, 0.2) is 0 Å². The van der Waals surface area contributed by atoms with Crippen molar-refractivity contribution in [1.82, 2.24) is 0 Å². The van der Waals surface area contributed by atoms with Crippen LogP contribution in [-0.2, 0) is 11.2 Å². The van der Waals surface area contributed by atoms with E-state index in [0.717, 1.165) is 0 Å². The molecule has 2 rings (SSSR count). The van der Waals surface area contributed by atoms with Crippen LogP contribution in [0, 0.1) is 11.6 Å². The first-order valence-electron chi connectivity index (χ1n) is 5.54. The van der Waals surface area contributed by atoms with E-state index < -0.39 is 17.5 Å². The maximum atomic E-state index is 13.5. The lowest BCUT2D eigenvalue weighted by Crippen LogP contribution is -2.16. The van der Waals surface area contributed by atoms with Gasteiger partial charge in [-0.05, 0) is 29.8 Å². The first-order chi connectivity index (χ1) is 9.06. The normalized spacial score (nSPS) is 10.3. The number of anilines is 1. The van der Waals surface area contributed by atoms with E-state index in [1.54, 1.807) is 18.2 Å². The van der Waals surface area contributed by atoms with Crippen LogP contribution < -0.4 is 5.32 Å². The first-order valence-corrected chi connectivity index (χ1v) is 6.34. The molecule has 2 aromatic rings. The Balaban J connectivity index is 2.08. The minimum atomic E-state index is -0.545. The van der Waals surface area contributed by atoms with Crippen LogP contribution in [0.15, 0.2) is 46.9 Å². The highest BCUT2D eigenvalue weighted by Gasteiger charge is 2.10. The predicted molar refractivity (Wildman–Crippen MR) is 72.8 cm³/mol. The van der Waals surface area contributed by atoms with Gasteiger partial charge in [-0.2, -0.15) is 0 Å². The second-order valence-corrected chi connectivity index (χ2v) is 4.86. The molecule has 0 unspecified atom stereocenters. The van der Waals surface area contributed by atoms with Crippen LogP contribution in [0.2, 0.25) is 0 Å². The van der Waals surface area contributed by atoms with Crippen molar-refractivity contribution >= 4 is 27.5 Å². The molecular weight excluding hydrogens is 316 g/mol. The lowest BCUT2D eigenvalue weighted by Gasteiger charge is -2.07. The topological polar surface area (TPSA) is 29.1 Å². The summed E-state index contributed by atoms with van der Waals surface area (Å²) in [4.78, 5) is 11.7. The summed E-state index contributed by atoms with van der Waals surface area (Å²) < 4.78 is 27.5. The number of benzene rings is 2. The van der Waals surface area contributed by atoms with E-state index in [4.69, 9.17) is 0 Å². The van der Waals surface area contributed by atoms with Gasteiger partial charge in [-0.15, -0.1) is 0 Å². The quantitative estimate of drug-likeness (QED) is 0.910. The van der Waals surface area contributed by atoms with E-state index in [2.05, 4.69) is 21.2 Å². The predicted octanol–water partition coefficient (Wildman–Crippen LogP) is 3.91. The fourth-order valence-corrected chi connectivity index (χ4v) is 1.93. The smallest absolute Gasteiger partial charge is 0.228 e. The van der Waals surface area contributed by atoms with Crippen LogP contribution in [0.5, 0.6) is 0 Å². The zero-order valence-electron chi connectivity index (χ0n) is 9.79. The maximum absolute atomic E-state index is 13.5. The molecule has 1 amide bonds. The third-order valence-electron chi connectivity index (χ3n) is 2.51. The molecule has 0 bridgehead atoms. The van der Waals surface area contributed by atoms with E-state index in [1.807, 2.05) is 0 Å². The number of hydrogen-bond acceptors (Lipinski definition) is 1. The number of carbonyl (C=O) groups excluding carboxylic acids is 1. The molecule has 0 saturated carbocycles. The highest BCUT2D eigenvalue weighted by molar-refractivity contribution is 9.10. The van der Waals surface area contributed by atoms with Gasteiger partial charge in [0.1, 0.15) is 11.6 Å². The lowest BCUT2D eigenvalue weighted by molar-refractivity contribution is -0.115. The van der Waals surface area contributed by atoms with Crippen LogP contribution in [0.3, 0.4) is 0 Å². The Morgan fingerprint density at radius 1 is 1.11 bits per heavy atom. The van der Waals surface area contributed by atoms with Crippen molar-refractivity contribution in [3.63, 3.8) is 0 Å². The largest absolute Gasteiger partial charge is 0.323 e. The van der Waals surface area contributed by atoms with Gasteiger partial charge in [0.25, 0.3) is 0 Å². The minimum Gasteiger partial charge on any atom is -0.323 e. The highest BCUT2D eigenvalue weighted by Crippen LogP contribution is 2.19. The van der Waals surface area contributed by atoms with Gasteiger partial charge in [-0.25, -0.2) is 8.78 Å². The number of nitrogens with one attached hydrogen (secondary N) is 1. The molecule has 0 saturated heterocycles. The fourth-order valence-electron chi connectivity index (χ4n) is 1.60. The molecule has 0 heterocycles. The first kappa shape index (κ1) is 13.7. The number of carbonyl (C=O) groups is 1. The maximum Gasteiger partial charge on any atom is 0.228 e. The van der Waals surface area contributed by atoms with Crippen molar-refractivity contribution in [3.05, 3.63) is 64.1 Å². The van der Waals surface area contributed by atoms with Crippen LogP contribution in [0.4, 0.5) is 14.5 Å². The Morgan fingerprint density at radius 2 is 1.84 bits per heavy atom. The van der Waals surface area contributed by atoms with Crippen molar-refractivity contribution in [2.75, 3.05) is 5.32 Å². The Bertz CT molecular complexity index is 616. The molecule has 98 valence electrons. The van der Waals surface area contributed by atoms with Crippen LogP contribution in [0.1, 0.15) is 5.56 Å². The SMILES string of the molecule is O=C(Cc1ccccc1F)Nc1ccc(Br)cc1F. The average molecular weight is 326 g/mol. The minimum absolute atomic E-state index is 0.0736. The number of halogens is 3. The molecule has 1 N–H and O–H groups in total. The van der Waals surface area contributed by atoms with Crippen LogP contribution >= 0.6 is 15.9 Å². The third kappa shape index (κ3) is 3.61. The lowest BCUT2D eigenvalue weighted by atomic mass is 10.1. The molecule has 0 aliphatic heterocycles. The summed E-state index contributed by atoms with van der Waals surface area (Å²) in [7, 11) is 0. The highest BCUT2D eigenvalue weighted by atomic mass is 79.9. The van der Waals surface area contributed by atoms with Gasteiger partial charge in [0.2, 0.25) is 5.91 Å². The zero-order chi connectivity index (χ0) is 13.8. The van der Waals surface area contributed by atoms with Crippen LogP contribution in [0.25, 0.3) is 0 Å². The summed E-state index contributed by atoms with van der Waals surface area (Å²) >= 11 is 3.12.